The van der Waals surface area contributed by atoms with Gasteiger partial charge in [-0.25, -0.2) is 4.79 Å². The number of halogens is 1. The lowest BCUT2D eigenvalue weighted by Gasteiger charge is -2.05. The summed E-state index contributed by atoms with van der Waals surface area (Å²) >= 11 is 2.10. The first-order valence-corrected chi connectivity index (χ1v) is 6.01. The summed E-state index contributed by atoms with van der Waals surface area (Å²) in [6, 6.07) is 6.97. The van der Waals surface area contributed by atoms with Gasteiger partial charge in [-0.2, -0.15) is 0 Å². The highest BCUT2D eigenvalue weighted by molar-refractivity contribution is 14.1. The molecule has 0 aromatic heterocycles. The fraction of sp³-hybridized carbons (Fsp3) is 0.167. The monoisotopic (exact) mass is 345 g/mol. The van der Waals surface area contributed by atoms with Crippen LogP contribution in [0.2, 0.25) is 0 Å². The number of hydrogen-bond donors (Lipinski definition) is 1. The molecule has 0 radical (unpaired) electrons. The van der Waals surface area contributed by atoms with Crippen molar-refractivity contribution in [2.24, 2.45) is 0 Å². The summed E-state index contributed by atoms with van der Waals surface area (Å²) in [7, 11) is 0. The molecule has 0 fully saturated rings. The molecule has 0 aliphatic rings. The Morgan fingerprint density at radius 1 is 1.47 bits per heavy atom. The Balaban J connectivity index is 2.45. The average Bonchev–Trinajstić information content (AvgIpc) is 2.33. The molecule has 1 N–H and O–H groups in total. The fourth-order valence-corrected chi connectivity index (χ4v) is 1.61. The molecule has 0 atom stereocenters. The van der Waals surface area contributed by atoms with Gasteiger partial charge in [-0.1, -0.05) is 12.1 Å². The van der Waals surface area contributed by atoms with E-state index >= 15 is 0 Å². The molecule has 0 unspecified atom stereocenters. The molecule has 0 bridgehead atoms. The van der Waals surface area contributed by atoms with E-state index in [-0.39, 0.29) is 12.5 Å². The SMILES string of the molecule is C=CCNC(=O)COC(=O)c1cccc(I)c1. The highest BCUT2D eigenvalue weighted by Crippen LogP contribution is 2.08. The average molecular weight is 345 g/mol. The number of ether oxygens (including phenoxy) is 1. The van der Waals surface area contributed by atoms with Crippen LogP contribution in [-0.2, 0) is 9.53 Å². The normalized spacial score (nSPS) is 9.47. The minimum atomic E-state index is -0.503. The summed E-state index contributed by atoms with van der Waals surface area (Å²) in [5.74, 6) is -0.846. The van der Waals surface area contributed by atoms with Gasteiger partial charge in [-0.05, 0) is 40.8 Å². The van der Waals surface area contributed by atoms with E-state index in [1.54, 1.807) is 24.3 Å². The number of benzene rings is 1. The predicted octanol–water partition coefficient (Wildman–Crippen LogP) is 1.75. The molecule has 1 amide bonds. The topological polar surface area (TPSA) is 55.4 Å². The molecule has 0 heterocycles. The Bertz CT molecular complexity index is 432. The van der Waals surface area contributed by atoms with Crippen molar-refractivity contribution in [2.45, 2.75) is 0 Å². The number of carbonyl (C=O) groups excluding carboxylic acids is 2. The van der Waals surface area contributed by atoms with Crippen LogP contribution in [0, 0.1) is 3.57 Å². The number of amides is 1. The van der Waals surface area contributed by atoms with Crippen LogP contribution in [0.15, 0.2) is 36.9 Å². The third-order valence-corrected chi connectivity index (χ3v) is 2.51. The minimum Gasteiger partial charge on any atom is -0.452 e. The van der Waals surface area contributed by atoms with Crippen LogP contribution in [0.25, 0.3) is 0 Å². The zero-order chi connectivity index (χ0) is 12.7. The number of nitrogens with one attached hydrogen (secondary N) is 1. The first kappa shape index (κ1) is 13.7. The van der Waals surface area contributed by atoms with Crippen molar-refractivity contribution >= 4 is 34.5 Å². The van der Waals surface area contributed by atoms with Crippen molar-refractivity contribution in [2.75, 3.05) is 13.2 Å². The van der Waals surface area contributed by atoms with Gasteiger partial charge in [0.25, 0.3) is 5.91 Å². The minimum absolute atomic E-state index is 0.280. The van der Waals surface area contributed by atoms with Crippen LogP contribution in [0.5, 0.6) is 0 Å². The van der Waals surface area contributed by atoms with E-state index in [2.05, 4.69) is 34.5 Å². The smallest absolute Gasteiger partial charge is 0.338 e. The summed E-state index contributed by atoms with van der Waals surface area (Å²) in [4.78, 5) is 22.7. The predicted molar refractivity (Wildman–Crippen MR) is 72.6 cm³/mol. The van der Waals surface area contributed by atoms with Crippen LogP contribution in [0.4, 0.5) is 0 Å². The van der Waals surface area contributed by atoms with Crippen molar-refractivity contribution in [1.82, 2.24) is 5.32 Å². The van der Waals surface area contributed by atoms with Gasteiger partial charge >= 0.3 is 5.97 Å². The molecule has 1 aromatic carbocycles. The summed E-state index contributed by atoms with van der Waals surface area (Å²) in [5, 5.41) is 2.51. The lowest BCUT2D eigenvalue weighted by molar-refractivity contribution is -0.124. The molecule has 0 saturated heterocycles. The summed E-state index contributed by atoms with van der Waals surface area (Å²) < 4.78 is 5.79. The Morgan fingerprint density at radius 2 is 2.24 bits per heavy atom. The van der Waals surface area contributed by atoms with Crippen molar-refractivity contribution in [3.63, 3.8) is 0 Å². The second kappa shape index (κ2) is 7.05. The van der Waals surface area contributed by atoms with E-state index < -0.39 is 5.97 Å². The van der Waals surface area contributed by atoms with Crippen molar-refractivity contribution < 1.29 is 14.3 Å². The zero-order valence-corrected chi connectivity index (χ0v) is 11.3. The standard InChI is InChI=1S/C12H12INO3/c1-2-6-14-11(15)8-17-12(16)9-4-3-5-10(13)7-9/h2-5,7H,1,6,8H2,(H,14,15). The van der Waals surface area contributed by atoms with Gasteiger partial charge in [0, 0.05) is 10.1 Å². The third-order valence-electron chi connectivity index (χ3n) is 1.84. The number of hydrogen-bond acceptors (Lipinski definition) is 3. The van der Waals surface area contributed by atoms with Crippen LogP contribution < -0.4 is 5.32 Å². The van der Waals surface area contributed by atoms with Gasteiger partial charge in [-0.15, -0.1) is 6.58 Å². The number of esters is 1. The zero-order valence-electron chi connectivity index (χ0n) is 9.11. The quantitative estimate of drug-likeness (QED) is 0.503. The van der Waals surface area contributed by atoms with Crippen LogP contribution in [0.1, 0.15) is 10.4 Å². The first-order chi connectivity index (χ1) is 8.13. The van der Waals surface area contributed by atoms with E-state index in [9.17, 15) is 9.59 Å². The lowest BCUT2D eigenvalue weighted by Crippen LogP contribution is -2.28. The molecule has 0 saturated carbocycles. The van der Waals surface area contributed by atoms with Gasteiger partial charge < -0.3 is 10.1 Å². The maximum absolute atomic E-state index is 11.5. The van der Waals surface area contributed by atoms with E-state index in [4.69, 9.17) is 4.74 Å². The summed E-state index contributed by atoms with van der Waals surface area (Å²) in [5.41, 5.74) is 0.438. The van der Waals surface area contributed by atoms with E-state index in [0.717, 1.165) is 3.57 Å². The van der Waals surface area contributed by atoms with Gasteiger partial charge in [0.1, 0.15) is 0 Å². The molecule has 1 aromatic rings. The Labute approximate surface area is 113 Å². The van der Waals surface area contributed by atoms with Crippen molar-refractivity contribution in [1.29, 1.82) is 0 Å². The summed E-state index contributed by atoms with van der Waals surface area (Å²) in [6.45, 7) is 3.54. The van der Waals surface area contributed by atoms with Crippen LogP contribution >= 0.6 is 22.6 Å². The van der Waals surface area contributed by atoms with Gasteiger partial charge in [0.2, 0.25) is 0 Å². The maximum Gasteiger partial charge on any atom is 0.338 e. The Kier molecular flexibility index (Phi) is 5.68. The third kappa shape index (κ3) is 4.99. The largest absolute Gasteiger partial charge is 0.452 e. The number of carbonyl (C=O) groups is 2. The lowest BCUT2D eigenvalue weighted by atomic mass is 10.2. The van der Waals surface area contributed by atoms with Crippen molar-refractivity contribution in [3.05, 3.63) is 46.1 Å². The summed E-state index contributed by atoms with van der Waals surface area (Å²) in [6.07, 6.45) is 1.55. The van der Waals surface area contributed by atoms with Gasteiger partial charge in [-0.3, -0.25) is 4.79 Å². The van der Waals surface area contributed by atoms with E-state index in [1.807, 2.05) is 6.07 Å². The molecule has 17 heavy (non-hydrogen) atoms. The maximum atomic E-state index is 11.5. The highest BCUT2D eigenvalue weighted by atomic mass is 127. The molecule has 0 spiro atoms. The first-order valence-electron chi connectivity index (χ1n) is 4.94. The van der Waals surface area contributed by atoms with Gasteiger partial charge in [0.15, 0.2) is 6.61 Å². The molecule has 4 nitrogen and oxygen atoms in total. The molecular weight excluding hydrogens is 333 g/mol. The highest BCUT2D eigenvalue weighted by Gasteiger charge is 2.09. The molecule has 90 valence electrons. The molecule has 1 rings (SSSR count). The Hall–Kier alpha value is -1.37. The van der Waals surface area contributed by atoms with Gasteiger partial charge in [0.05, 0.1) is 5.56 Å². The van der Waals surface area contributed by atoms with E-state index in [0.29, 0.717) is 12.1 Å². The second-order valence-corrected chi connectivity index (χ2v) is 4.42. The molecular formula is C12H12INO3. The molecule has 0 aliphatic carbocycles. The van der Waals surface area contributed by atoms with Crippen molar-refractivity contribution in [3.8, 4) is 0 Å². The Morgan fingerprint density at radius 3 is 2.88 bits per heavy atom. The van der Waals surface area contributed by atoms with Crippen LogP contribution in [0.3, 0.4) is 0 Å². The van der Waals surface area contributed by atoms with Crippen LogP contribution in [-0.4, -0.2) is 25.0 Å². The number of rotatable bonds is 5. The fourth-order valence-electron chi connectivity index (χ4n) is 1.07. The molecule has 0 aliphatic heterocycles. The molecule has 5 heteroatoms. The van der Waals surface area contributed by atoms with E-state index in [1.165, 1.54) is 0 Å². The second-order valence-electron chi connectivity index (χ2n) is 3.18.